The Morgan fingerprint density at radius 3 is 2.47 bits per heavy atom. The Morgan fingerprint density at radius 2 is 1.68 bits per heavy atom. The van der Waals surface area contributed by atoms with Gasteiger partial charge in [0.1, 0.15) is 11.5 Å². The van der Waals surface area contributed by atoms with Crippen LogP contribution in [0.15, 0.2) is 84.0 Å². The molecule has 4 rings (SSSR count). The van der Waals surface area contributed by atoms with Crippen molar-refractivity contribution in [3.05, 3.63) is 90.0 Å². The van der Waals surface area contributed by atoms with Crippen LogP contribution in [0, 0.1) is 0 Å². The minimum Gasteiger partial charge on any atom is -0.497 e. The summed E-state index contributed by atoms with van der Waals surface area (Å²) in [6, 6.07) is 23.2. The number of hydrazone groups is 1. The van der Waals surface area contributed by atoms with E-state index in [2.05, 4.69) is 15.7 Å². The molecule has 0 atom stereocenters. The van der Waals surface area contributed by atoms with Crippen LogP contribution in [0.2, 0.25) is 0 Å². The fraction of sp³-hybridized carbons (Fsp3) is 0.154. The van der Waals surface area contributed by atoms with Gasteiger partial charge in [0.2, 0.25) is 5.91 Å². The summed E-state index contributed by atoms with van der Waals surface area (Å²) in [6.07, 6.45) is 0.422. The van der Waals surface area contributed by atoms with Gasteiger partial charge in [0, 0.05) is 24.6 Å². The molecule has 0 saturated carbocycles. The summed E-state index contributed by atoms with van der Waals surface area (Å²) in [4.78, 5) is 38.2. The van der Waals surface area contributed by atoms with Crippen molar-refractivity contribution in [1.29, 1.82) is 0 Å². The van der Waals surface area contributed by atoms with Gasteiger partial charge in [-0.25, -0.2) is 5.01 Å². The van der Waals surface area contributed by atoms with Crippen molar-refractivity contribution in [2.75, 3.05) is 17.7 Å². The van der Waals surface area contributed by atoms with Gasteiger partial charge in [-0.1, -0.05) is 48.5 Å². The molecule has 3 amide bonds. The molecule has 0 fully saturated rings. The standard InChI is InChI=1S/C26H24N4O4/c1-34-20-11-7-10-19(16-20)27-25(32)21-12-5-6-13-22(21)28-26(33)23-14-15-24(31)30(29-23)17-18-8-3-2-4-9-18/h2-13,16H,14-15,17H2,1H3,(H,27,32)(H,28,33). The van der Waals surface area contributed by atoms with Crippen LogP contribution in [-0.4, -0.2) is 35.6 Å². The molecular formula is C26H24N4O4. The van der Waals surface area contributed by atoms with E-state index >= 15 is 0 Å². The number of carbonyl (C=O) groups excluding carboxylic acids is 3. The number of nitrogens with zero attached hydrogens (tertiary/aromatic N) is 2. The first-order chi connectivity index (χ1) is 16.5. The lowest BCUT2D eigenvalue weighted by molar-refractivity contribution is -0.132. The molecule has 8 heteroatoms. The van der Waals surface area contributed by atoms with E-state index in [1.807, 2.05) is 30.3 Å². The van der Waals surface area contributed by atoms with Gasteiger partial charge in [-0.05, 0) is 29.8 Å². The number of rotatable bonds is 7. The fourth-order valence-electron chi connectivity index (χ4n) is 3.53. The lowest BCUT2D eigenvalue weighted by atomic mass is 10.1. The van der Waals surface area contributed by atoms with E-state index in [9.17, 15) is 14.4 Å². The molecule has 0 unspecified atom stereocenters. The van der Waals surface area contributed by atoms with Crippen LogP contribution in [0.1, 0.15) is 28.8 Å². The predicted octanol–water partition coefficient (Wildman–Crippen LogP) is 4.06. The van der Waals surface area contributed by atoms with Crippen molar-refractivity contribution in [3.63, 3.8) is 0 Å². The van der Waals surface area contributed by atoms with E-state index in [4.69, 9.17) is 4.74 Å². The van der Waals surface area contributed by atoms with Gasteiger partial charge in [-0.2, -0.15) is 5.10 Å². The first-order valence-corrected chi connectivity index (χ1v) is 10.8. The number of hydrogen-bond acceptors (Lipinski definition) is 5. The van der Waals surface area contributed by atoms with Crippen LogP contribution in [-0.2, 0) is 16.1 Å². The van der Waals surface area contributed by atoms with Crippen molar-refractivity contribution in [2.45, 2.75) is 19.4 Å². The quantitative estimate of drug-likeness (QED) is 0.560. The summed E-state index contributed by atoms with van der Waals surface area (Å²) >= 11 is 0. The van der Waals surface area contributed by atoms with Gasteiger partial charge >= 0.3 is 0 Å². The number of anilines is 2. The molecule has 0 radical (unpaired) electrons. The van der Waals surface area contributed by atoms with Crippen molar-refractivity contribution in [1.82, 2.24) is 5.01 Å². The number of benzene rings is 3. The topological polar surface area (TPSA) is 100 Å². The molecule has 1 aliphatic heterocycles. The van der Waals surface area contributed by atoms with Crippen molar-refractivity contribution >= 4 is 34.8 Å². The van der Waals surface area contributed by atoms with E-state index in [1.54, 1.807) is 55.6 Å². The SMILES string of the molecule is COc1cccc(NC(=O)c2ccccc2NC(=O)C2=NN(Cc3ccccc3)C(=O)CC2)c1. The largest absolute Gasteiger partial charge is 0.497 e. The average Bonchev–Trinajstić information content (AvgIpc) is 2.86. The molecule has 0 spiro atoms. The molecule has 0 saturated heterocycles. The molecule has 1 aliphatic rings. The smallest absolute Gasteiger partial charge is 0.271 e. The highest BCUT2D eigenvalue weighted by atomic mass is 16.5. The van der Waals surface area contributed by atoms with Gasteiger partial charge < -0.3 is 15.4 Å². The van der Waals surface area contributed by atoms with Gasteiger partial charge in [0.15, 0.2) is 0 Å². The number of para-hydroxylation sites is 1. The Kier molecular flexibility index (Phi) is 6.98. The lowest BCUT2D eigenvalue weighted by Gasteiger charge is -2.23. The van der Waals surface area contributed by atoms with E-state index in [0.29, 0.717) is 22.7 Å². The molecule has 8 nitrogen and oxygen atoms in total. The average molecular weight is 457 g/mol. The van der Waals surface area contributed by atoms with Crippen LogP contribution in [0.5, 0.6) is 5.75 Å². The summed E-state index contributed by atoms with van der Waals surface area (Å²) < 4.78 is 5.19. The molecule has 2 N–H and O–H groups in total. The van der Waals surface area contributed by atoms with Crippen molar-refractivity contribution in [2.24, 2.45) is 5.10 Å². The normalized spacial score (nSPS) is 13.1. The van der Waals surface area contributed by atoms with E-state index in [0.717, 1.165) is 5.56 Å². The Morgan fingerprint density at radius 1 is 0.912 bits per heavy atom. The first kappa shape index (κ1) is 22.7. The van der Waals surface area contributed by atoms with Crippen molar-refractivity contribution in [3.8, 4) is 5.75 Å². The number of hydrogen-bond donors (Lipinski definition) is 2. The molecule has 3 aromatic carbocycles. The number of ether oxygens (including phenoxy) is 1. The lowest BCUT2D eigenvalue weighted by Crippen LogP contribution is -2.36. The number of carbonyl (C=O) groups is 3. The maximum Gasteiger partial charge on any atom is 0.271 e. The third-order valence-electron chi connectivity index (χ3n) is 5.29. The van der Waals surface area contributed by atoms with E-state index in [1.165, 1.54) is 5.01 Å². The first-order valence-electron chi connectivity index (χ1n) is 10.8. The number of amides is 3. The third kappa shape index (κ3) is 5.47. The van der Waals surface area contributed by atoms with Crippen LogP contribution in [0.4, 0.5) is 11.4 Å². The summed E-state index contributed by atoms with van der Waals surface area (Å²) in [5.41, 5.74) is 2.37. The Bertz CT molecular complexity index is 1240. The van der Waals surface area contributed by atoms with E-state index < -0.39 is 5.91 Å². The molecular weight excluding hydrogens is 432 g/mol. The molecule has 172 valence electrons. The monoisotopic (exact) mass is 456 g/mol. The van der Waals surface area contributed by atoms with Crippen molar-refractivity contribution < 1.29 is 19.1 Å². The molecule has 3 aromatic rings. The number of methoxy groups -OCH3 is 1. The highest BCUT2D eigenvalue weighted by Crippen LogP contribution is 2.21. The second-order valence-corrected chi connectivity index (χ2v) is 7.67. The molecule has 0 aliphatic carbocycles. The molecule has 0 aromatic heterocycles. The summed E-state index contributed by atoms with van der Waals surface area (Å²) in [7, 11) is 1.55. The highest BCUT2D eigenvalue weighted by molar-refractivity contribution is 6.44. The molecule has 1 heterocycles. The summed E-state index contributed by atoms with van der Waals surface area (Å²) in [5, 5.41) is 11.2. The molecule has 34 heavy (non-hydrogen) atoms. The van der Waals surface area contributed by atoms with Gasteiger partial charge in [-0.15, -0.1) is 0 Å². The van der Waals surface area contributed by atoms with Gasteiger partial charge in [0.05, 0.1) is 24.9 Å². The third-order valence-corrected chi connectivity index (χ3v) is 5.29. The minimum atomic E-state index is -0.452. The molecule has 0 bridgehead atoms. The van der Waals surface area contributed by atoms with Crippen LogP contribution in [0.25, 0.3) is 0 Å². The minimum absolute atomic E-state index is 0.140. The second kappa shape index (κ2) is 10.4. The zero-order chi connectivity index (χ0) is 23.9. The maximum absolute atomic E-state index is 13.0. The van der Waals surface area contributed by atoms with Crippen LogP contribution < -0.4 is 15.4 Å². The fourth-order valence-corrected chi connectivity index (χ4v) is 3.53. The van der Waals surface area contributed by atoms with Crippen LogP contribution >= 0.6 is 0 Å². The van der Waals surface area contributed by atoms with Crippen LogP contribution in [0.3, 0.4) is 0 Å². The Balaban J connectivity index is 1.49. The zero-order valence-electron chi connectivity index (χ0n) is 18.7. The van der Waals surface area contributed by atoms with Gasteiger partial charge in [0.25, 0.3) is 11.8 Å². The predicted molar refractivity (Wildman–Crippen MR) is 130 cm³/mol. The summed E-state index contributed by atoms with van der Waals surface area (Å²) in [6.45, 7) is 0.288. The highest BCUT2D eigenvalue weighted by Gasteiger charge is 2.25. The summed E-state index contributed by atoms with van der Waals surface area (Å²) in [5.74, 6) is -0.356. The maximum atomic E-state index is 13.0. The number of nitrogens with one attached hydrogen (secondary N) is 2. The Hall–Kier alpha value is -4.46. The van der Waals surface area contributed by atoms with E-state index in [-0.39, 0.29) is 36.9 Å². The second-order valence-electron chi connectivity index (χ2n) is 7.67. The zero-order valence-corrected chi connectivity index (χ0v) is 18.7. The van der Waals surface area contributed by atoms with Gasteiger partial charge in [-0.3, -0.25) is 14.4 Å². The Labute approximate surface area is 197 Å².